The molecule has 0 aromatic heterocycles. The first kappa shape index (κ1) is 26.2. The predicted molar refractivity (Wildman–Crippen MR) is 195 cm³/mol. The maximum Gasteiger partial charge on any atom is 0.260 e. The Labute approximate surface area is 273 Å². The van der Waals surface area contributed by atoms with E-state index in [1.165, 1.54) is 49.4 Å². The van der Waals surface area contributed by atoms with Crippen LogP contribution in [0.2, 0.25) is 0 Å². The normalized spacial score (nSPS) is 12.6. The number of para-hydroxylation sites is 1. The van der Waals surface area contributed by atoms with Gasteiger partial charge in [0.1, 0.15) is 23.0 Å². The van der Waals surface area contributed by atoms with E-state index in [1.807, 2.05) is 24.3 Å². The number of fused-ring (bicyclic) bond motifs is 6. The van der Waals surface area contributed by atoms with Gasteiger partial charge in [0, 0.05) is 5.46 Å². The van der Waals surface area contributed by atoms with Gasteiger partial charge in [0.25, 0.3) is 6.71 Å². The zero-order valence-electron chi connectivity index (χ0n) is 25.5. The fraction of sp³-hybridized carbons (Fsp3) is 0. The van der Waals surface area contributed by atoms with Gasteiger partial charge in [-0.25, -0.2) is 0 Å². The molecule has 0 bridgehead atoms. The third-order valence-electron chi connectivity index (χ3n) is 9.79. The van der Waals surface area contributed by atoms with E-state index in [0.29, 0.717) is 0 Å². The third kappa shape index (κ3) is 4.00. The first-order valence-electron chi connectivity index (χ1n) is 16.1. The van der Waals surface area contributed by atoms with Crippen LogP contribution in [0.4, 0.5) is 0 Å². The largest absolute Gasteiger partial charge is 0.458 e. The summed E-state index contributed by atoms with van der Waals surface area (Å²) in [5.41, 5.74) is 10.7. The van der Waals surface area contributed by atoms with Gasteiger partial charge in [-0.3, -0.25) is 0 Å². The number of benzene rings is 8. The summed E-state index contributed by atoms with van der Waals surface area (Å²) in [6, 6.07) is 58.5. The quantitative estimate of drug-likeness (QED) is 0.149. The van der Waals surface area contributed by atoms with E-state index in [1.54, 1.807) is 0 Å². The van der Waals surface area contributed by atoms with Crippen molar-refractivity contribution in [2.24, 2.45) is 0 Å². The zero-order chi connectivity index (χ0) is 30.9. The van der Waals surface area contributed by atoms with Crippen LogP contribution < -0.4 is 25.9 Å². The molecule has 0 atom stereocenters. The Morgan fingerprint density at radius 1 is 0.319 bits per heavy atom. The van der Waals surface area contributed by atoms with Gasteiger partial charge in [-0.05, 0) is 96.2 Å². The van der Waals surface area contributed by atoms with Gasteiger partial charge in [0.2, 0.25) is 0 Å². The van der Waals surface area contributed by atoms with Gasteiger partial charge in [-0.15, -0.1) is 0 Å². The van der Waals surface area contributed by atoms with E-state index < -0.39 is 0 Å². The zero-order valence-corrected chi connectivity index (χ0v) is 25.5. The third-order valence-corrected chi connectivity index (χ3v) is 9.79. The van der Waals surface area contributed by atoms with Gasteiger partial charge >= 0.3 is 0 Å². The van der Waals surface area contributed by atoms with Crippen molar-refractivity contribution in [3.05, 3.63) is 164 Å². The maximum atomic E-state index is 6.51. The molecule has 0 aliphatic carbocycles. The van der Waals surface area contributed by atoms with Crippen LogP contribution in [0.15, 0.2) is 164 Å². The number of hydrogen-bond donors (Lipinski definition) is 0. The molecule has 2 aliphatic heterocycles. The van der Waals surface area contributed by atoms with Crippen molar-refractivity contribution in [3.63, 3.8) is 0 Å². The van der Waals surface area contributed by atoms with E-state index in [-0.39, 0.29) is 6.71 Å². The van der Waals surface area contributed by atoms with Crippen LogP contribution in [0.1, 0.15) is 0 Å². The molecule has 0 unspecified atom stereocenters. The van der Waals surface area contributed by atoms with Crippen molar-refractivity contribution in [3.8, 4) is 56.4 Å². The summed E-state index contributed by atoms with van der Waals surface area (Å²) in [7, 11) is 0. The molecule has 0 radical (unpaired) electrons. The minimum atomic E-state index is 0.0313. The molecular weight excluding hydrogens is 571 g/mol. The fourth-order valence-electron chi connectivity index (χ4n) is 7.75. The molecule has 0 N–H and O–H groups in total. The highest BCUT2D eigenvalue weighted by molar-refractivity contribution is 6.98. The highest BCUT2D eigenvalue weighted by Crippen LogP contribution is 2.45. The van der Waals surface area contributed by atoms with Crippen LogP contribution in [0.3, 0.4) is 0 Å². The second-order valence-electron chi connectivity index (χ2n) is 12.4. The molecule has 2 nitrogen and oxygen atoms in total. The molecule has 0 fully saturated rings. The molecule has 10 rings (SSSR count). The Bertz CT molecular complexity index is 2510. The summed E-state index contributed by atoms with van der Waals surface area (Å²) in [5, 5.41) is 5.00. The minimum absolute atomic E-state index is 0.0313. The van der Waals surface area contributed by atoms with E-state index in [2.05, 4.69) is 140 Å². The average Bonchev–Trinajstić information content (AvgIpc) is 3.14. The summed E-state index contributed by atoms with van der Waals surface area (Å²) < 4.78 is 12.9. The maximum absolute atomic E-state index is 6.51. The number of hydrogen-bond acceptors (Lipinski definition) is 2. The lowest BCUT2D eigenvalue weighted by molar-refractivity contribution is 0.464. The van der Waals surface area contributed by atoms with E-state index in [9.17, 15) is 0 Å². The SMILES string of the molecule is c1ccc(-c2c3ccccc3c(-c3ccccc3)c3cc(-c4ccc5c(c4)B4c6ccccc6Oc6cccc(c64)O5)ccc23)cc1. The molecule has 218 valence electrons. The van der Waals surface area contributed by atoms with E-state index >= 15 is 0 Å². The van der Waals surface area contributed by atoms with Crippen molar-refractivity contribution in [1.82, 2.24) is 0 Å². The van der Waals surface area contributed by atoms with Crippen molar-refractivity contribution in [1.29, 1.82) is 0 Å². The highest BCUT2D eigenvalue weighted by atomic mass is 16.5. The Kier molecular flexibility index (Phi) is 5.70. The smallest absolute Gasteiger partial charge is 0.260 e. The molecule has 2 heterocycles. The second kappa shape index (κ2) is 10.2. The van der Waals surface area contributed by atoms with Crippen LogP contribution >= 0.6 is 0 Å². The van der Waals surface area contributed by atoms with Crippen LogP contribution in [-0.4, -0.2) is 6.71 Å². The van der Waals surface area contributed by atoms with Gasteiger partial charge in [0.15, 0.2) is 0 Å². The van der Waals surface area contributed by atoms with Gasteiger partial charge in [0.05, 0.1) is 0 Å². The molecule has 0 amide bonds. The lowest BCUT2D eigenvalue weighted by Gasteiger charge is -2.33. The number of rotatable bonds is 3. The summed E-state index contributed by atoms with van der Waals surface area (Å²) in [6.45, 7) is 0.0313. The van der Waals surface area contributed by atoms with E-state index in [4.69, 9.17) is 9.47 Å². The summed E-state index contributed by atoms with van der Waals surface area (Å²) >= 11 is 0. The second-order valence-corrected chi connectivity index (χ2v) is 12.4. The first-order valence-corrected chi connectivity index (χ1v) is 16.1. The van der Waals surface area contributed by atoms with Crippen molar-refractivity contribution < 1.29 is 9.47 Å². The fourth-order valence-corrected chi connectivity index (χ4v) is 7.75. The average molecular weight is 599 g/mol. The first-order chi connectivity index (χ1) is 23.3. The van der Waals surface area contributed by atoms with Gasteiger partial charge < -0.3 is 9.47 Å². The summed E-state index contributed by atoms with van der Waals surface area (Å²) in [5.74, 6) is 3.52. The predicted octanol–water partition coefficient (Wildman–Crippen LogP) is 9.72. The van der Waals surface area contributed by atoms with Crippen molar-refractivity contribution >= 4 is 44.6 Å². The van der Waals surface area contributed by atoms with Crippen LogP contribution in [0, 0.1) is 0 Å². The summed E-state index contributed by atoms with van der Waals surface area (Å²) in [6.07, 6.45) is 0. The Morgan fingerprint density at radius 2 is 0.830 bits per heavy atom. The molecule has 2 aliphatic rings. The monoisotopic (exact) mass is 598 g/mol. The van der Waals surface area contributed by atoms with Crippen LogP contribution in [-0.2, 0) is 0 Å². The Morgan fingerprint density at radius 3 is 1.53 bits per heavy atom. The van der Waals surface area contributed by atoms with Crippen LogP contribution in [0.5, 0.6) is 23.0 Å². The van der Waals surface area contributed by atoms with Crippen molar-refractivity contribution in [2.75, 3.05) is 0 Å². The molecule has 0 saturated carbocycles. The molecule has 8 aromatic carbocycles. The lowest BCUT2D eigenvalue weighted by atomic mass is 9.35. The Balaban J connectivity index is 1.23. The Hall–Kier alpha value is -6.06. The standard InChI is InChI=1S/C44H27BO2/c1-3-12-28(13-4-1)42-32-16-7-8-17-33(32)43(29-14-5-2-6-15-29)35-26-30(22-24-34(35)42)31-23-25-39-37(27-31)45-36-18-9-10-19-38(36)46-40-20-11-21-41(47-39)44(40)45/h1-27H. The van der Waals surface area contributed by atoms with E-state index in [0.717, 1.165) is 44.9 Å². The molecular formula is C44H27BO2. The van der Waals surface area contributed by atoms with Gasteiger partial charge in [-0.2, -0.15) is 0 Å². The van der Waals surface area contributed by atoms with Crippen LogP contribution in [0.25, 0.3) is 54.9 Å². The van der Waals surface area contributed by atoms with Gasteiger partial charge in [-0.1, -0.05) is 133 Å². The van der Waals surface area contributed by atoms with Crippen molar-refractivity contribution in [2.45, 2.75) is 0 Å². The molecule has 47 heavy (non-hydrogen) atoms. The summed E-state index contributed by atoms with van der Waals surface area (Å²) in [4.78, 5) is 0. The molecule has 0 spiro atoms. The molecule has 3 heteroatoms. The topological polar surface area (TPSA) is 18.5 Å². The lowest BCUT2D eigenvalue weighted by Crippen LogP contribution is -2.57. The highest BCUT2D eigenvalue weighted by Gasteiger charge is 2.39. The molecule has 0 saturated heterocycles. The number of ether oxygens (including phenoxy) is 2. The molecule has 8 aromatic rings. The minimum Gasteiger partial charge on any atom is -0.458 e.